The molecule has 6 heavy (non-hydrogen) atoms. The van der Waals surface area contributed by atoms with Gasteiger partial charge >= 0.3 is 0 Å². The molecule has 0 aliphatic carbocycles. The fraction of sp³-hybridized carbons (Fsp3) is 1.00. The third-order valence-corrected chi connectivity index (χ3v) is 0.560. The first-order chi connectivity index (χ1) is 2.91. The Morgan fingerprint density at radius 1 is 1.67 bits per heavy atom. The number of rotatable bonds is 3. The molecule has 0 aromatic heterocycles. The molecule has 1 N–H and O–H groups in total. The van der Waals surface area contributed by atoms with Gasteiger partial charge in [0.1, 0.15) is 0 Å². The van der Waals surface area contributed by atoms with Gasteiger partial charge in [0.05, 0.1) is 6.67 Å². The summed E-state index contributed by atoms with van der Waals surface area (Å²) in [4.78, 5) is 0. The third-order valence-electron chi connectivity index (χ3n) is 0.560. The maximum absolute atomic E-state index is 11.1. The molecule has 0 aliphatic rings. The van der Waals surface area contributed by atoms with Crippen LogP contribution in [0.3, 0.4) is 0 Å². The molecule has 0 aliphatic heterocycles. The Morgan fingerprint density at radius 2 is 2.33 bits per heavy atom. The summed E-state index contributed by atoms with van der Waals surface area (Å²) in [6, 6.07) is 0. The predicted molar refractivity (Wildman–Crippen MR) is 24.5 cm³/mol. The van der Waals surface area contributed by atoms with Gasteiger partial charge in [-0.25, -0.2) is 0 Å². The molecule has 0 atom stereocenters. The van der Waals surface area contributed by atoms with Crippen LogP contribution in [0.2, 0.25) is 0 Å². The molecule has 0 bridgehead atoms. The smallest absolute Gasteiger partial charge is 0.0906 e. The summed E-state index contributed by atoms with van der Waals surface area (Å²) in [6.07, 6.45) is 0.635. The molecule has 1 nitrogen and oxygen atoms in total. The van der Waals surface area contributed by atoms with Crippen molar-refractivity contribution in [2.24, 2.45) is 0 Å². The molecule has 0 aromatic rings. The van der Waals surface area contributed by atoms with Gasteiger partial charge in [0.2, 0.25) is 0 Å². The quantitative estimate of drug-likeness (QED) is 0.500. The summed E-state index contributed by atoms with van der Waals surface area (Å²) in [5.41, 5.74) is 0. The topological polar surface area (TPSA) is 12.0 Å². The molecule has 0 unspecified atom stereocenters. The molecule has 0 fully saturated rings. The van der Waals surface area contributed by atoms with E-state index in [1.807, 2.05) is 7.05 Å². The van der Waals surface area contributed by atoms with E-state index in [0.717, 1.165) is 6.54 Å². The predicted octanol–water partition coefficient (Wildman–Crippen LogP) is 0.565. The minimum atomic E-state index is -0.208. The Balaban J connectivity index is 2.34. The number of nitrogens with one attached hydrogen (secondary N) is 1. The van der Waals surface area contributed by atoms with Crippen LogP contribution in [-0.4, -0.2) is 20.3 Å². The minimum absolute atomic E-state index is 0.208. The first-order valence-electron chi connectivity index (χ1n) is 2.12. The Bertz CT molecular complexity index is 19.5. The SMILES string of the molecule is CNCCCF. The summed E-state index contributed by atoms with van der Waals surface area (Å²) in [6.45, 7) is 0.581. The van der Waals surface area contributed by atoms with Gasteiger partial charge in [-0.3, -0.25) is 4.39 Å². The van der Waals surface area contributed by atoms with Crippen molar-refractivity contribution >= 4 is 0 Å². The van der Waals surface area contributed by atoms with Crippen molar-refractivity contribution in [2.45, 2.75) is 6.42 Å². The van der Waals surface area contributed by atoms with Gasteiger partial charge in [-0.15, -0.1) is 0 Å². The standard InChI is InChI=1S/C4H10FN/c1-6-4-2-3-5/h6H,2-4H2,1H3. The summed E-state index contributed by atoms with van der Waals surface area (Å²) < 4.78 is 11.1. The van der Waals surface area contributed by atoms with Crippen LogP contribution in [-0.2, 0) is 0 Å². The van der Waals surface area contributed by atoms with Gasteiger partial charge in [0, 0.05) is 0 Å². The average Bonchev–Trinajstić information content (AvgIpc) is 1.61. The summed E-state index contributed by atoms with van der Waals surface area (Å²) >= 11 is 0. The summed E-state index contributed by atoms with van der Waals surface area (Å²) in [7, 11) is 1.82. The van der Waals surface area contributed by atoms with Crippen molar-refractivity contribution in [2.75, 3.05) is 20.3 Å². The summed E-state index contributed by atoms with van der Waals surface area (Å²) in [5.74, 6) is 0. The zero-order valence-corrected chi connectivity index (χ0v) is 4.00. The Hall–Kier alpha value is -0.110. The van der Waals surface area contributed by atoms with Crippen LogP contribution >= 0.6 is 0 Å². The maximum atomic E-state index is 11.1. The van der Waals surface area contributed by atoms with E-state index in [2.05, 4.69) is 5.32 Å². The first-order valence-corrected chi connectivity index (χ1v) is 2.12. The molecule has 38 valence electrons. The lowest BCUT2D eigenvalue weighted by molar-refractivity contribution is 0.466. The Morgan fingerprint density at radius 3 is 2.50 bits per heavy atom. The average molecular weight is 91.1 g/mol. The molecule has 0 aromatic carbocycles. The zero-order valence-electron chi connectivity index (χ0n) is 4.00. The molecule has 0 saturated heterocycles. The molecule has 2 heteroatoms. The van der Waals surface area contributed by atoms with E-state index in [-0.39, 0.29) is 6.67 Å². The Kier molecular flexibility index (Phi) is 4.80. The lowest BCUT2D eigenvalue weighted by atomic mass is 10.5. The van der Waals surface area contributed by atoms with E-state index in [0.29, 0.717) is 6.42 Å². The highest BCUT2D eigenvalue weighted by Crippen LogP contribution is 1.72. The van der Waals surface area contributed by atoms with E-state index in [9.17, 15) is 4.39 Å². The number of hydrogen-bond donors (Lipinski definition) is 1. The van der Waals surface area contributed by atoms with E-state index < -0.39 is 0 Å². The van der Waals surface area contributed by atoms with Crippen molar-refractivity contribution in [3.8, 4) is 0 Å². The second kappa shape index (κ2) is 4.89. The zero-order chi connectivity index (χ0) is 4.83. The normalized spacial score (nSPS) is 9.00. The second-order valence-electron chi connectivity index (χ2n) is 1.15. The van der Waals surface area contributed by atoms with Crippen LogP contribution in [0.4, 0.5) is 4.39 Å². The van der Waals surface area contributed by atoms with Crippen LogP contribution in [0.1, 0.15) is 6.42 Å². The maximum Gasteiger partial charge on any atom is 0.0906 e. The second-order valence-corrected chi connectivity index (χ2v) is 1.15. The molecule has 0 heterocycles. The van der Waals surface area contributed by atoms with Crippen molar-refractivity contribution < 1.29 is 4.39 Å². The largest absolute Gasteiger partial charge is 0.320 e. The van der Waals surface area contributed by atoms with Crippen molar-refractivity contribution in [1.29, 1.82) is 0 Å². The highest BCUT2D eigenvalue weighted by Gasteiger charge is 1.76. The van der Waals surface area contributed by atoms with Crippen LogP contribution in [0.15, 0.2) is 0 Å². The summed E-state index contributed by atoms with van der Waals surface area (Å²) in [5, 5.41) is 2.83. The third kappa shape index (κ3) is 3.89. The molecule has 0 radical (unpaired) electrons. The highest BCUT2D eigenvalue weighted by molar-refractivity contribution is 4.35. The molecule has 0 saturated carbocycles. The van der Waals surface area contributed by atoms with Crippen molar-refractivity contribution in [1.82, 2.24) is 5.32 Å². The van der Waals surface area contributed by atoms with Gasteiger partial charge in [-0.05, 0) is 20.0 Å². The van der Waals surface area contributed by atoms with Crippen LogP contribution in [0.25, 0.3) is 0 Å². The molecule has 0 spiro atoms. The van der Waals surface area contributed by atoms with Crippen LogP contribution < -0.4 is 5.32 Å². The Labute approximate surface area is 37.5 Å². The minimum Gasteiger partial charge on any atom is -0.320 e. The van der Waals surface area contributed by atoms with E-state index in [1.165, 1.54) is 0 Å². The van der Waals surface area contributed by atoms with E-state index in [1.54, 1.807) is 0 Å². The fourth-order valence-corrected chi connectivity index (χ4v) is 0.244. The van der Waals surface area contributed by atoms with Gasteiger partial charge in [0.25, 0.3) is 0 Å². The number of hydrogen-bond acceptors (Lipinski definition) is 1. The first kappa shape index (κ1) is 5.89. The number of halogens is 1. The number of alkyl halides is 1. The van der Waals surface area contributed by atoms with E-state index >= 15 is 0 Å². The van der Waals surface area contributed by atoms with Crippen molar-refractivity contribution in [3.63, 3.8) is 0 Å². The van der Waals surface area contributed by atoms with Gasteiger partial charge in [-0.1, -0.05) is 0 Å². The van der Waals surface area contributed by atoms with Gasteiger partial charge in [-0.2, -0.15) is 0 Å². The van der Waals surface area contributed by atoms with Gasteiger partial charge in [0.15, 0.2) is 0 Å². The van der Waals surface area contributed by atoms with E-state index in [4.69, 9.17) is 0 Å². The lowest BCUT2D eigenvalue weighted by Crippen LogP contribution is -2.07. The van der Waals surface area contributed by atoms with Crippen LogP contribution in [0.5, 0.6) is 0 Å². The lowest BCUT2D eigenvalue weighted by Gasteiger charge is -1.87. The molecule has 0 amide bonds. The molecule has 0 rings (SSSR count). The van der Waals surface area contributed by atoms with Gasteiger partial charge < -0.3 is 5.32 Å². The monoisotopic (exact) mass is 91.1 g/mol. The molecular weight excluding hydrogens is 81.0 g/mol. The van der Waals surface area contributed by atoms with Crippen LogP contribution in [0, 0.1) is 0 Å². The van der Waals surface area contributed by atoms with Crippen molar-refractivity contribution in [3.05, 3.63) is 0 Å². The highest BCUT2D eigenvalue weighted by atomic mass is 19.1. The molecular formula is C4H10FN. The fourth-order valence-electron chi connectivity index (χ4n) is 0.244.